The number of carbonyl (C=O) groups excluding carboxylic acids is 1. The highest BCUT2D eigenvalue weighted by Gasteiger charge is 2.24. The zero-order valence-electron chi connectivity index (χ0n) is 13.3. The molecule has 0 aliphatic heterocycles. The third kappa shape index (κ3) is 3.83. The third-order valence-electron chi connectivity index (χ3n) is 3.54. The average Bonchev–Trinajstić information content (AvgIpc) is 2.47. The van der Waals surface area contributed by atoms with Gasteiger partial charge in [-0.15, -0.1) is 0 Å². The molecular weight excluding hydrogens is 288 g/mol. The summed E-state index contributed by atoms with van der Waals surface area (Å²) in [4.78, 5) is 14.1. The highest BCUT2D eigenvalue weighted by Crippen LogP contribution is 2.18. The van der Waals surface area contributed by atoms with Crippen LogP contribution in [0.3, 0.4) is 0 Å². The molecule has 1 rings (SSSR count). The first-order valence-electron chi connectivity index (χ1n) is 7.13. The van der Waals surface area contributed by atoms with Crippen LogP contribution in [0, 0.1) is 0 Å². The molecule has 0 saturated carbocycles. The lowest BCUT2D eigenvalue weighted by molar-refractivity contribution is 0.0772. The highest BCUT2D eigenvalue weighted by molar-refractivity contribution is 7.89. The average molecular weight is 312 g/mol. The van der Waals surface area contributed by atoms with Crippen molar-refractivity contribution in [2.24, 2.45) is 0 Å². The topological polar surface area (TPSA) is 57.7 Å². The van der Waals surface area contributed by atoms with Gasteiger partial charge in [0.2, 0.25) is 10.0 Å². The Kier molecular flexibility index (Phi) is 5.92. The number of hydrogen-bond acceptors (Lipinski definition) is 3. The van der Waals surface area contributed by atoms with E-state index in [1.165, 1.54) is 16.4 Å². The molecule has 0 aliphatic rings. The molecule has 1 amide bonds. The van der Waals surface area contributed by atoms with Crippen molar-refractivity contribution in [3.8, 4) is 0 Å². The van der Waals surface area contributed by atoms with E-state index in [9.17, 15) is 13.2 Å². The summed E-state index contributed by atoms with van der Waals surface area (Å²) in [5, 5.41) is 0. The Balaban J connectivity index is 3.20. The Morgan fingerprint density at radius 3 is 2.24 bits per heavy atom. The van der Waals surface area contributed by atoms with Gasteiger partial charge in [0.05, 0.1) is 4.90 Å². The van der Waals surface area contributed by atoms with Gasteiger partial charge >= 0.3 is 0 Å². The number of nitrogens with zero attached hydrogens (tertiary/aromatic N) is 2. The van der Waals surface area contributed by atoms with Crippen molar-refractivity contribution in [1.29, 1.82) is 0 Å². The first-order chi connectivity index (χ1) is 9.75. The highest BCUT2D eigenvalue weighted by atomic mass is 32.2. The van der Waals surface area contributed by atoms with Crippen molar-refractivity contribution in [3.05, 3.63) is 29.8 Å². The summed E-state index contributed by atoms with van der Waals surface area (Å²) < 4.78 is 26.2. The standard InChI is InChI=1S/C15H24N2O3S/c1-6-17(7-2)15(18)13-9-8-10-14(11-13)21(19,20)16(5)12(3)4/h8-12H,6-7H2,1-5H3. The fraction of sp³-hybridized carbons (Fsp3) is 0.533. The Bertz CT molecular complexity index is 593. The Hall–Kier alpha value is -1.40. The van der Waals surface area contributed by atoms with E-state index in [4.69, 9.17) is 0 Å². The van der Waals surface area contributed by atoms with Gasteiger partial charge in [-0.3, -0.25) is 4.79 Å². The van der Waals surface area contributed by atoms with Crippen LogP contribution < -0.4 is 0 Å². The summed E-state index contributed by atoms with van der Waals surface area (Å²) in [6.07, 6.45) is 0. The van der Waals surface area contributed by atoms with Gasteiger partial charge < -0.3 is 4.90 Å². The molecule has 5 nitrogen and oxygen atoms in total. The van der Waals surface area contributed by atoms with Crippen LogP contribution in [0.1, 0.15) is 38.1 Å². The summed E-state index contributed by atoms with van der Waals surface area (Å²) in [5.74, 6) is -0.149. The molecule has 0 N–H and O–H groups in total. The number of sulfonamides is 1. The lowest BCUT2D eigenvalue weighted by Gasteiger charge is -2.22. The summed E-state index contributed by atoms with van der Waals surface area (Å²) in [6.45, 7) is 8.60. The summed E-state index contributed by atoms with van der Waals surface area (Å²) in [7, 11) is -2.03. The molecular formula is C15H24N2O3S. The number of hydrogen-bond donors (Lipinski definition) is 0. The molecule has 0 aliphatic carbocycles. The van der Waals surface area contributed by atoms with Gasteiger partial charge in [0.15, 0.2) is 0 Å². The van der Waals surface area contributed by atoms with Gasteiger partial charge in [-0.25, -0.2) is 8.42 Å². The number of amides is 1. The van der Waals surface area contributed by atoms with E-state index in [0.29, 0.717) is 18.7 Å². The van der Waals surface area contributed by atoms with Crippen molar-refractivity contribution in [2.45, 2.75) is 38.6 Å². The van der Waals surface area contributed by atoms with Crippen LogP contribution in [-0.4, -0.2) is 49.7 Å². The van der Waals surface area contributed by atoms with E-state index in [0.717, 1.165) is 0 Å². The molecule has 0 unspecified atom stereocenters. The van der Waals surface area contributed by atoms with Gasteiger partial charge in [-0.2, -0.15) is 4.31 Å². The Labute approximate surface area is 127 Å². The molecule has 0 fully saturated rings. The summed E-state index contributed by atoms with van der Waals surface area (Å²) in [6, 6.07) is 6.09. The van der Waals surface area contributed by atoms with Crippen molar-refractivity contribution >= 4 is 15.9 Å². The second-order valence-corrected chi connectivity index (χ2v) is 7.12. The molecule has 0 radical (unpaired) electrons. The largest absolute Gasteiger partial charge is 0.339 e. The SMILES string of the molecule is CCN(CC)C(=O)c1cccc(S(=O)(=O)N(C)C(C)C)c1. The monoisotopic (exact) mass is 312 g/mol. The van der Waals surface area contributed by atoms with E-state index in [-0.39, 0.29) is 16.8 Å². The van der Waals surface area contributed by atoms with Gasteiger partial charge in [0.1, 0.15) is 0 Å². The van der Waals surface area contributed by atoms with E-state index in [2.05, 4.69) is 0 Å². The van der Waals surface area contributed by atoms with Crippen LogP contribution in [0.15, 0.2) is 29.2 Å². The lowest BCUT2D eigenvalue weighted by atomic mass is 10.2. The smallest absolute Gasteiger partial charge is 0.253 e. The van der Waals surface area contributed by atoms with E-state index >= 15 is 0 Å². The molecule has 0 saturated heterocycles. The maximum absolute atomic E-state index is 12.5. The minimum Gasteiger partial charge on any atom is -0.339 e. The zero-order chi connectivity index (χ0) is 16.2. The predicted molar refractivity (Wildman–Crippen MR) is 83.8 cm³/mol. The second-order valence-electron chi connectivity index (χ2n) is 5.12. The van der Waals surface area contributed by atoms with Crippen molar-refractivity contribution in [2.75, 3.05) is 20.1 Å². The molecule has 21 heavy (non-hydrogen) atoms. The molecule has 6 heteroatoms. The van der Waals surface area contributed by atoms with Gasteiger partial charge in [0.25, 0.3) is 5.91 Å². The fourth-order valence-corrected chi connectivity index (χ4v) is 3.34. The van der Waals surface area contributed by atoms with Crippen molar-refractivity contribution < 1.29 is 13.2 Å². The number of carbonyl (C=O) groups is 1. The fourth-order valence-electron chi connectivity index (χ4n) is 1.93. The molecule has 0 bridgehead atoms. The van der Waals surface area contributed by atoms with Crippen LogP contribution in [0.25, 0.3) is 0 Å². The second kappa shape index (κ2) is 7.04. The van der Waals surface area contributed by atoms with E-state index in [1.807, 2.05) is 27.7 Å². The van der Waals surface area contributed by atoms with Gasteiger partial charge in [-0.05, 0) is 45.9 Å². The maximum atomic E-state index is 12.5. The van der Waals surface area contributed by atoms with Crippen LogP contribution in [0.5, 0.6) is 0 Å². The lowest BCUT2D eigenvalue weighted by Crippen LogP contribution is -2.33. The molecule has 118 valence electrons. The first kappa shape index (κ1) is 17.7. The quantitative estimate of drug-likeness (QED) is 0.809. The van der Waals surface area contributed by atoms with E-state index in [1.54, 1.807) is 24.1 Å². The molecule has 1 aromatic carbocycles. The van der Waals surface area contributed by atoms with Crippen molar-refractivity contribution in [3.63, 3.8) is 0 Å². The van der Waals surface area contributed by atoms with E-state index < -0.39 is 10.0 Å². The minimum atomic E-state index is -3.57. The van der Waals surface area contributed by atoms with Gasteiger partial charge in [0, 0.05) is 31.7 Å². The molecule has 0 aromatic heterocycles. The van der Waals surface area contributed by atoms with Crippen LogP contribution in [0.2, 0.25) is 0 Å². The Morgan fingerprint density at radius 2 is 1.76 bits per heavy atom. The first-order valence-corrected chi connectivity index (χ1v) is 8.57. The van der Waals surface area contributed by atoms with Crippen LogP contribution >= 0.6 is 0 Å². The summed E-state index contributed by atoms with van der Waals surface area (Å²) >= 11 is 0. The summed E-state index contributed by atoms with van der Waals surface area (Å²) in [5.41, 5.74) is 0.400. The number of rotatable bonds is 6. The van der Waals surface area contributed by atoms with Crippen LogP contribution in [-0.2, 0) is 10.0 Å². The maximum Gasteiger partial charge on any atom is 0.253 e. The molecule has 0 heterocycles. The molecule has 1 aromatic rings. The zero-order valence-corrected chi connectivity index (χ0v) is 14.1. The van der Waals surface area contributed by atoms with Gasteiger partial charge in [-0.1, -0.05) is 6.07 Å². The molecule has 0 atom stereocenters. The van der Waals surface area contributed by atoms with Crippen LogP contribution in [0.4, 0.5) is 0 Å². The van der Waals surface area contributed by atoms with Crippen molar-refractivity contribution in [1.82, 2.24) is 9.21 Å². The Morgan fingerprint density at radius 1 is 1.19 bits per heavy atom. The molecule has 0 spiro atoms. The minimum absolute atomic E-state index is 0.142. The third-order valence-corrected chi connectivity index (χ3v) is 5.57. The predicted octanol–water partition coefficient (Wildman–Crippen LogP) is 2.20. The normalized spacial score (nSPS) is 12.0. The number of benzene rings is 1.